The Bertz CT molecular complexity index is 415. The summed E-state index contributed by atoms with van der Waals surface area (Å²) in [4.78, 5) is 0. The van der Waals surface area contributed by atoms with Gasteiger partial charge in [-0.1, -0.05) is 44.0 Å². The summed E-state index contributed by atoms with van der Waals surface area (Å²) in [6.45, 7) is 3.56. The molecule has 1 aromatic carbocycles. The standard InChI is InChI=1S/C16H24N2/c1-11-5-4-6-12(11)10-18-16-9-15(17)13-7-2-3-8-14(13)16/h2-3,7-8,11-12,15-16,18H,4-6,9-10,17H2,1H3. The fraction of sp³-hybridized carbons (Fsp3) is 0.625. The summed E-state index contributed by atoms with van der Waals surface area (Å²) in [6.07, 6.45) is 5.27. The SMILES string of the molecule is CC1CCCC1CNC1CC(N)c2ccccc21. The molecule has 2 aliphatic rings. The van der Waals surface area contributed by atoms with Crippen molar-refractivity contribution in [2.24, 2.45) is 17.6 Å². The molecule has 2 aliphatic carbocycles. The quantitative estimate of drug-likeness (QED) is 0.857. The zero-order valence-electron chi connectivity index (χ0n) is 11.2. The highest BCUT2D eigenvalue weighted by Gasteiger charge is 2.29. The number of nitrogens with one attached hydrogen (secondary N) is 1. The van der Waals surface area contributed by atoms with E-state index in [1.165, 1.54) is 30.4 Å². The Hall–Kier alpha value is -0.860. The average Bonchev–Trinajstić information content (AvgIpc) is 2.92. The Morgan fingerprint density at radius 2 is 2.00 bits per heavy atom. The molecule has 0 aliphatic heterocycles. The summed E-state index contributed by atoms with van der Waals surface area (Å²) in [5, 5.41) is 3.76. The molecule has 2 heteroatoms. The van der Waals surface area contributed by atoms with Gasteiger partial charge in [0.1, 0.15) is 0 Å². The predicted molar refractivity (Wildman–Crippen MR) is 75.2 cm³/mol. The molecule has 4 atom stereocenters. The molecule has 1 fully saturated rings. The van der Waals surface area contributed by atoms with Crippen molar-refractivity contribution in [3.63, 3.8) is 0 Å². The lowest BCUT2D eigenvalue weighted by molar-refractivity contribution is 0.363. The van der Waals surface area contributed by atoms with Crippen molar-refractivity contribution in [1.82, 2.24) is 5.32 Å². The zero-order valence-corrected chi connectivity index (χ0v) is 11.2. The van der Waals surface area contributed by atoms with Crippen molar-refractivity contribution in [3.05, 3.63) is 35.4 Å². The first-order valence-corrected chi connectivity index (χ1v) is 7.33. The molecule has 0 spiro atoms. The second-order valence-corrected chi connectivity index (χ2v) is 6.10. The van der Waals surface area contributed by atoms with Crippen LogP contribution in [0.1, 0.15) is 55.8 Å². The van der Waals surface area contributed by atoms with E-state index in [1.54, 1.807) is 0 Å². The Kier molecular flexibility index (Phi) is 3.40. The van der Waals surface area contributed by atoms with Gasteiger partial charge in [-0.25, -0.2) is 0 Å². The number of fused-ring (bicyclic) bond motifs is 1. The minimum absolute atomic E-state index is 0.222. The fourth-order valence-corrected chi connectivity index (χ4v) is 3.69. The maximum Gasteiger partial charge on any atom is 0.0341 e. The lowest BCUT2D eigenvalue weighted by Crippen LogP contribution is -2.27. The van der Waals surface area contributed by atoms with Crippen LogP contribution < -0.4 is 11.1 Å². The van der Waals surface area contributed by atoms with Crippen LogP contribution in [0.15, 0.2) is 24.3 Å². The lowest BCUT2D eigenvalue weighted by Gasteiger charge is -2.20. The second kappa shape index (κ2) is 5.02. The van der Waals surface area contributed by atoms with Crippen molar-refractivity contribution in [2.75, 3.05) is 6.54 Å². The molecular weight excluding hydrogens is 220 g/mol. The summed E-state index contributed by atoms with van der Waals surface area (Å²) >= 11 is 0. The summed E-state index contributed by atoms with van der Waals surface area (Å²) in [5.41, 5.74) is 8.98. The third-order valence-corrected chi connectivity index (χ3v) is 4.93. The Labute approximate surface area is 110 Å². The predicted octanol–water partition coefficient (Wildman–Crippen LogP) is 3.16. The molecule has 2 nitrogen and oxygen atoms in total. The Balaban J connectivity index is 1.64. The molecule has 1 saturated carbocycles. The molecule has 1 aromatic rings. The summed E-state index contributed by atoms with van der Waals surface area (Å²) in [6, 6.07) is 9.34. The summed E-state index contributed by atoms with van der Waals surface area (Å²) < 4.78 is 0. The van der Waals surface area contributed by atoms with E-state index in [1.807, 2.05) is 0 Å². The zero-order chi connectivity index (χ0) is 12.5. The number of benzene rings is 1. The van der Waals surface area contributed by atoms with Gasteiger partial charge in [-0.2, -0.15) is 0 Å². The van der Waals surface area contributed by atoms with Crippen molar-refractivity contribution < 1.29 is 0 Å². The maximum atomic E-state index is 6.21. The first kappa shape index (κ1) is 12.2. The fourth-order valence-electron chi connectivity index (χ4n) is 3.69. The van der Waals surface area contributed by atoms with Gasteiger partial charge in [0.2, 0.25) is 0 Å². The molecule has 18 heavy (non-hydrogen) atoms. The Morgan fingerprint density at radius 3 is 2.72 bits per heavy atom. The van der Waals surface area contributed by atoms with Crippen LogP contribution in [-0.4, -0.2) is 6.54 Å². The first-order valence-electron chi connectivity index (χ1n) is 7.33. The average molecular weight is 244 g/mol. The van der Waals surface area contributed by atoms with Gasteiger partial charge in [0, 0.05) is 12.1 Å². The van der Waals surface area contributed by atoms with Crippen molar-refractivity contribution in [2.45, 2.75) is 44.7 Å². The van der Waals surface area contributed by atoms with E-state index in [-0.39, 0.29) is 6.04 Å². The highest BCUT2D eigenvalue weighted by atomic mass is 14.9. The highest BCUT2D eigenvalue weighted by Crippen LogP contribution is 2.38. The van der Waals surface area contributed by atoms with E-state index in [2.05, 4.69) is 36.5 Å². The third-order valence-electron chi connectivity index (χ3n) is 4.93. The molecule has 3 N–H and O–H groups in total. The number of hydrogen-bond donors (Lipinski definition) is 2. The first-order chi connectivity index (χ1) is 8.75. The smallest absolute Gasteiger partial charge is 0.0341 e. The van der Waals surface area contributed by atoms with Crippen LogP contribution in [0.5, 0.6) is 0 Å². The van der Waals surface area contributed by atoms with E-state index in [4.69, 9.17) is 5.73 Å². The van der Waals surface area contributed by atoms with Gasteiger partial charge < -0.3 is 11.1 Å². The largest absolute Gasteiger partial charge is 0.324 e. The van der Waals surface area contributed by atoms with E-state index < -0.39 is 0 Å². The molecule has 3 rings (SSSR count). The topological polar surface area (TPSA) is 38.0 Å². The van der Waals surface area contributed by atoms with Crippen molar-refractivity contribution in [3.8, 4) is 0 Å². The van der Waals surface area contributed by atoms with E-state index in [9.17, 15) is 0 Å². The number of rotatable bonds is 3. The van der Waals surface area contributed by atoms with Gasteiger partial charge in [0.15, 0.2) is 0 Å². The van der Waals surface area contributed by atoms with Gasteiger partial charge in [-0.05, 0) is 42.3 Å². The van der Waals surface area contributed by atoms with Crippen LogP contribution in [-0.2, 0) is 0 Å². The third kappa shape index (κ3) is 2.19. The van der Waals surface area contributed by atoms with Gasteiger partial charge in [0.25, 0.3) is 0 Å². The molecule has 4 unspecified atom stereocenters. The minimum atomic E-state index is 0.222. The van der Waals surface area contributed by atoms with Crippen LogP contribution in [0.4, 0.5) is 0 Å². The van der Waals surface area contributed by atoms with E-state index in [0.717, 1.165) is 24.8 Å². The van der Waals surface area contributed by atoms with Gasteiger partial charge in [0.05, 0.1) is 0 Å². The highest BCUT2D eigenvalue weighted by molar-refractivity contribution is 5.37. The van der Waals surface area contributed by atoms with Crippen LogP contribution >= 0.6 is 0 Å². The minimum Gasteiger partial charge on any atom is -0.324 e. The molecule has 0 bridgehead atoms. The molecule has 0 aromatic heterocycles. The number of hydrogen-bond acceptors (Lipinski definition) is 2. The van der Waals surface area contributed by atoms with Gasteiger partial charge in [-0.15, -0.1) is 0 Å². The second-order valence-electron chi connectivity index (χ2n) is 6.10. The van der Waals surface area contributed by atoms with Gasteiger partial charge >= 0.3 is 0 Å². The van der Waals surface area contributed by atoms with E-state index in [0.29, 0.717) is 6.04 Å². The molecule has 98 valence electrons. The normalized spacial score (nSPS) is 34.8. The van der Waals surface area contributed by atoms with Gasteiger partial charge in [-0.3, -0.25) is 0 Å². The molecule has 0 amide bonds. The molecular formula is C16H24N2. The van der Waals surface area contributed by atoms with Crippen LogP contribution in [0, 0.1) is 11.8 Å². The van der Waals surface area contributed by atoms with Crippen LogP contribution in [0.2, 0.25) is 0 Å². The maximum absolute atomic E-state index is 6.21. The number of nitrogens with two attached hydrogens (primary N) is 1. The monoisotopic (exact) mass is 244 g/mol. The van der Waals surface area contributed by atoms with Crippen LogP contribution in [0.3, 0.4) is 0 Å². The Morgan fingerprint density at radius 1 is 1.22 bits per heavy atom. The summed E-state index contributed by atoms with van der Waals surface area (Å²) in [7, 11) is 0. The van der Waals surface area contributed by atoms with Crippen LogP contribution in [0.25, 0.3) is 0 Å². The van der Waals surface area contributed by atoms with Crippen molar-refractivity contribution in [1.29, 1.82) is 0 Å². The lowest BCUT2D eigenvalue weighted by atomic mass is 9.97. The molecule has 0 heterocycles. The summed E-state index contributed by atoms with van der Waals surface area (Å²) in [5.74, 6) is 1.76. The van der Waals surface area contributed by atoms with E-state index >= 15 is 0 Å². The van der Waals surface area contributed by atoms with Crippen molar-refractivity contribution >= 4 is 0 Å². The molecule has 0 saturated heterocycles. The molecule has 0 radical (unpaired) electrons.